The molecular weight excluding hydrogens is 160 g/mol. The van der Waals surface area contributed by atoms with Crippen LogP contribution in [-0.4, -0.2) is 12.7 Å². The maximum Gasteiger partial charge on any atom is 0.0666 e. The van der Waals surface area contributed by atoms with Crippen molar-refractivity contribution in [1.82, 2.24) is 0 Å². The van der Waals surface area contributed by atoms with Crippen LogP contribution in [0.4, 0.5) is 0 Å². The molecule has 2 fully saturated rings. The second-order valence-electron chi connectivity index (χ2n) is 4.42. The monoisotopic (exact) mass is 180 g/mol. The molecule has 1 aliphatic carbocycles. The minimum Gasteiger partial charge on any atom is -0.377 e. The van der Waals surface area contributed by atoms with Gasteiger partial charge >= 0.3 is 0 Å². The van der Waals surface area contributed by atoms with Crippen molar-refractivity contribution in [2.24, 2.45) is 11.8 Å². The molecule has 0 aromatic carbocycles. The van der Waals surface area contributed by atoms with E-state index in [2.05, 4.69) is 12.7 Å². The normalized spacial score (nSPS) is 36.3. The van der Waals surface area contributed by atoms with Gasteiger partial charge in [-0.2, -0.15) is 0 Å². The van der Waals surface area contributed by atoms with Crippen LogP contribution >= 0.6 is 0 Å². The van der Waals surface area contributed by atoms with Gasteiger partial charge in [-0.25, -0.2) is 0 Å². The first-order chi connectivity index (χ1) is 6.42. The lowest BCUT2D eigenvalue weighted by molar-refractivity contribution is 0.0351. The molecule has 0 bridgehead atoms. The molecule has 1 heteroatoms. The Bertz CT molecular complexity index is 170. The summed E-state index contributed by atoms with van der Waals surface area (Å²) in [6.45, 7) is 4.86. The van der Waals surface area contributed by atoms with E-state index in [1.54, 1.807) is 0 Å². The van der Waals surface area contributed by atoms with E-state index in [9.17, 15) is 0 Å². The molecule has 0 unspecified atom stereocenters. The third-order valence-electron chi connectivity index (χ3n) is 3.60. The Balaban J connectivity index is 1.93. The molecule has 1 aliphatic heterocycles. The first-order valence-electron chi connectivity index (χ1n) is 5.66. The quantitative estimate of drug-likeness (QED) is 0.593. The van der Waals surface area contributed by atoms with Crippen LogP contribution in [0.2, 0.25) is 0 Å². The number of hydrogen-bond donors (Lipinski definition) is 0. The van der Waals surface area contributed by atoms with Gasteiger partial charge in [0, 0.05) is 12.5 Å². The summed E-state index contributed by atoms with van der Waals surface area (Å²) in [6.07, 6.45) is 10.8. The standard InChI is InChI=1S/C12H20O/c1-2-10-8-9-13-12(10)11-6-4-3-5-7-11/h2,10-12H,1,3-9H2/t10-,12+/m0/s1. The minimum atomic E-state index is 0.512. The Kier molecular flexibility index (Phi) is 3.05. The predicted molar refractivity (Wildman–Crippen MR) is 54.6 cm³/mol. The first-order valence-corrected chi connectivity index (χ1v) is 5.66. The number of hydrogen-bond acceptors (Lipinski definition) is 1. The van der Waals surface area contributed by atoms with E-state index >= 15 is 0 Å². The van der Waals surface area contributed by atoms with Gasteiger partial charge in [-0.15, -0.1) is 6.58 Å². The summed E-state index contributed by atoms with van der Waals surface area (Å²) < 4.78 is 5.82. The molecule has 0 radical (unpaired) electrons. The van der Waals surface area contributed by atoms with E-state index in [0.717, 1.165) is 12.5 Å². The van der Waals surface area contributed by atoms with E-state index < -0.39 is 0 Å². The molecule has 2 aliphatic rings. The molecule has 0 N–H and O–H groups in total. The van der Waals surface area contributed by atoms with Crippen molar-refractivity contribution in [2.45, 2.75) is 44.6 Å². The van der Waals surface area contributed by atoms with E-state index in [0.29, 0.717) is 12.0 Å². The van der Waals surface area contributed by atoms with Crippen molar-refractivity contribution < 1.29 is 4.74 Å². The van der Waals surface area contributed by atoms with Crippen LogP contribution in [0.1, 0.15) is 38.5 Å². The Morgan fingerprint density at radius 1 is 1.08 bits per heavy atom. The zero-order valence-corrected chi connectivity index (χ0v) is 8.37. The molecule has 0 amide bonds. The predicted octanol–water partition coefficient (Wildman–Crippen LogP) is 3.16. The molecule has 2 atom stereocenters. The Hall–Kier alpha value is -0.300. The minimum absolute atomic E-state index is 0.512. The Morgan fingerprint density at radius 3 is 2.54 bits per heavy atom. The van der Waals surface area contributed by atoms with Crippen LogP contribution in [0, 0.1) is 11.8 Å². The zero-order chi connectivity index (χ0) is 9.10. The van der Waals surface area contributed by atoms with Crippen molar-refractivity contribution in [3.05, 3.63) is 12.7 Å². The smallest absolute Gasteiger partial charge is 0.0666 e. The molecule has 0 aromatic rings. The summed E-state index contributed by atoms with van der Waals surface area (Å²) in [5.74, 6) is 1.47. The molecule has 1 nitrogen and oxygen atoms in total. The molecular formula is C12H20O. The highest BCUT2D eigenvalue weighted by atomic mass is 16.5. The van der Waals surface area contributed by atoms with Gasteiger partial charge in [0.05, 0.1) is 6.10 Å². The fourth-order valence-electron chi connectivity index (χ4n) is 2.83. The summed E-state index contributed by atoms with van der Waals surface area (Å²) in [4.78, 5) is 0. The summed E-state index contributed by atoms with van der Waals surface area (Å²) in [5, 5.41) is 0. The van der Waals surface area contributed by atoms with Gasteiger partial charge < -0.3 is 4.74 Å². The van der Waals surface area contributed by atoms with Crippen molar-refractivity contribution in [3.8, 4) is 0 Å². The van der Waals surface area contributed by atoms with Gasteiger partial charge in [0.15, 0.2) is 0 Å². The third-order valence-corrected chi connectivity index (χ3v) is 3.60. The maximum absolute atomic E-state index is 5.82. The molecule has 2 rings (SSSR count). The van der Waals surface area contributed by atoms with Gasteiger partial charge in [-0.1, -0.05) is 25.3 Å². The van der Waals surface area contributed by atoms with Crippen molar-refractivity contribution in [3.63, 3.8) is 0 Å². The molecule has 13 heavy (non-hydrogen) atoms. The lowest BCUT2D eigenvalue weighted by atomic mass is 9.80. The van der Waals surface area contributed by atoms with Crippen LogP contribution < -0.4 is 0 Å². The Morgan fingerprint density at radius 2 is 1.85 bits per heavy atom. The van der Waals surface area contributed by atoms with Crippen LogP contribution in [0.15, 0.2) is 12.7 Å². The van der Waals surface area contributed by atoms with Crippen LogP contribution in [-0.2, 0) is 4.74 Å². The molecule has 1 saturated heterocycles. The van der Waals surface area contributed by atoms with E-state index in [1.165, 1.54) is 38.5 Å². The van der Waals surface area contributed by atoms with E-state index in [4.69, 9.17) is 4.74 Å². The SMILES string of the molecule is C=C[C@H]1CCO[C@H]1C1CCCCC1. The Labute approximate surface area is 81.2 Å². The maximum atomic E-state index is 5.82. The van der Waals surface area contributed by atoms with Crippen molar-refractivity contribution >= 4 is 0 Å². The van der Waals surface area contributed by atoms with E-state index in [-0.39, 0.29) is 0 Å². The summed E-state index contributed by atoms with van der Waals surface area (Å²) >= 11 is 0. The van der Waals surface area contributed by atoms with Gasteiger partial charge in [0.25, 0.3) is 0 Å². The summed E-state index contributed by atoms with van der Waals surface area (Å²) in [6, 6.07) is 0. The third kappa shape index (κ3) is 1.96. The zero-order valence-electron chi connectivity index (χ0n) is 8.37. The van der Waals surface area contributed by atoms with Crippen molar-refractivity contribution in [1.29, 1.82) is 0 Å². The fourth-order valence-corrected chi connectivity index (χ4v) is 2.83. The highest BCUT2D eigenvalue weighted by Crippen LogP contribution is 2.35. The van der Waals surface area contributed by atoms with Gasteiger partial charge in [-0.3, -0.25) is 0 Å². The number of ether oxygens (including phenoxy) is 1. The topological polar surface area (TPSA) is 9.23 Å². The molecule has 0 aromatic heterocycles. The second kappa shape index (κ2) is 4.28. The van der Waals surface area contributed by atoms with Crippen LogP contribution in [0.5, 0.6) is 0 Å². The molecule has 1 saturated carbocycles. The average Bonchev–Trinajstić information content (AvgIpc) is 2.67. The lowest BCUT2D eigenvalue weighted by Crippen LogP contribution is -2.27. The second-order valence-corrected chi connectivity index (χ2v) is 4.42. The van der Waals surface area contributed by atoms with Gasteiger partial charge in [0.2, 0.25) is 0 Å². The van der Waals surface area contributed by atoms with E-state index in [1.807, 2.05) is 0 Å². The molecule has 74 valence electrons. The highest BCUT2D eigenvalue weighted by Gasteiger charge is 2.33. The average molecular weight is 180 g/mol. The first kappa shape index (κ1) is 9.26. The van der Waals surface area contributed by atoms with Crippen molar-refractivity contribution in [2.75, 3.05) is 6.61 Å². The summed E-state index contributed by atoms with van der Waals surface area (Å²) in [7, 11) is 0. The lowest BCUT2D eigenvalue weighted by Gasteiger charge is -2.29. The molecule has 0 spiro atoms. The van der Waals surface area contributed by atoms with Gasteiger partial charge in [0.1, 0.15) is 0 Å². The summed E-state index contributed by atoms with van der Waals surface area (Å²) in [5.41, 5.74) is 0. The largest absolute Gasteiger partial charge is 0.377 e. The highest BCUT2D eigenvalue weighted by molar-refractivity contribution is 4.93. The fraction of sp³-hybridized carbons (Fsp3) is 0.833. The van der Waals surface area contributed by atoms with Crippen LogP contribution in [0.3, 0.4) is 0 Å². The van der Waals surface area contributed by atoms with Crippen LogP contribution in [0.25, 0.3) is 0 Å². The molecule has 1 heterocycles. The van der Waals surface area contributed by atoms with Gasteiger partial charge in [-0.05, 0) is 25.2 Å². The number of rotatable bonds is 2.